The Bertz CT molecular complexity index is 416. The first-order valence-corrected chi connectivity index (χ1v) is 8.17. The van der Waals surface area contributed by atoms with Crippen molar-refractivity contribution >= 4 is 0 Å². The standard InChI is InChI=1S/C19H30O/c1-14(2)16-10-8-15(9-11-16)13-18(20)17-7-5-6-12-19(17,3)4/h8-11,14,17-18,20H,5-7,12-13H2,1-4H3. The number of aliphatic hydroxyl groups excluding tert-OH is 1. The Hall–Kier alpha value is -0.820. The molecule has 2 atom stereocenters. The minimum Gasteiger partial charge on any atom is -0.392 e. The van der Waals surface area contributed by atoms with Crippen molar-refractivity contribution in [3.8, 4) is 0 Å². The highest BCUT2D eigenvalue weighted by Crippen LogP contribution is 2.42. The van der Waals surface area contributed by atoms with Crippen molar-refractivity contribution in [1.82, 2.24) is 0 Å². The van der Waals surface area contributed by atoms with Crippen LogP contribution in [0, 0.1) is 11.3 Å². The summed E-state index contributed by atoms with van der Waals surface area (Å²) in [5.41, 5.74) is 2.93. The molecule has 0 bridgehead atoms. The fourth-order valence-electron chi connectivity index (χ4n) is 3.66. The molecule has 1 aliphatic carbocycles. The smallest absolute Gasteiger partial charge is 0.0613 e. The van der Waals surface area contributed by atoms with E-state index in [0.29, 0.717) is 11.8 Å². The fourth-order valence-corrected chi connectivity index (χ4v) is 3.66. The molecule has 1 heteroatoms. The highest BCUT2D eigenvalue weighted by atomic mass is 16.3. The van der Waals surface area contributed by atoms with Crippen LogP contribution in [0.5, 0.6) is 0 Å². The van der Waals surface area contributed by atoms with Crippen molar-refractivity contribution < 1.29 is 5.11 Å². The van der Waals surface area contributed by atoms with Crippen LogP contribution in [0.25, 0.3) is 0 Å². The fraction of sp³-hybridized carbons (Fsp3) is 0.684. The van der Waals surface area contributed by atoms with E-state index in [1.165, 1.54) is 36.8 Å². The Morgan fingerprint density at radius 2 is 1.80 bits per heavy atom. The Kier molecular flexibility index (Phi) is 4.90. The maximum atomic E-state index is 10.6. The zero-order chi connectivity index (χ0) is 14.8. The van der Waals surface area contributed by atoms with Gasteiger partial charge in [-0.25, -0.2) is 0 Å². The van der Waals surface area contributed by atoms with Crippen molar-refractivity contribution in [3.63, 3.8) is 0 Å². The molecule has 20 heavy (non-hydrogen) atoms. The Morgan fingerprint density at radius 1 is 1.15 bits per heavy atom. The van der Waals surface area contributed by atoms with E-state index in [-0.39, 0.29) is 11.5 Å². The van der Waals surface area contributed by atoms with Gasteiger partial charge in [0.1, 0.15) is 0 Å². The van der Waals surface area contributed by atoms with Gasteiger partial charge >= 0.3 is 0 Å². The van der Waals surface area contributed by atoms with Crippen LogP contribution in [-0.2, 0) is 6.42 Å². The van der Waals surface area contributed by atoms with E-state index in [4.69, 9.17) is 0 Å². The van der Waals surface area contributed by atoms with Gasteiger partial charge in [0.2, 0.25) is 0 Å². The summed E-state index contributed by atoms with van der Waals surface area (Å²) in [5, 5.41) is 10.6. The Labute approximate surface area is 124 Å². The molecule has 1 fully saturated rings. The third-order valence-corrected chi connectivity index (χ3v) is 5.15. The SMILES string of the molecule is CC(C)c1ccc(CC(O)C2CCCCC2(C)C)cc1. The maximum Gasteiger partial charge on any atom is 0.0613 e. The first-order chi connectivity index (χ1) is 9.40. The van der Waals surface area contributed by atoms with Crippen molar-refractivity contribution in [3.05, 3.63) is 35.4 Å². The van der Waals surface area contributed by atoms with Gasteiger partial charge in [-0.3, -0.25) is 0 Å². The van der Waals surface area contributed by atoms with Crippen LogP contribution < -0.4 is 0 Å². The van der Waals surface area contributed by atoms with E-state index in [0.717, 1.165) is 6.42 Å². The Balaban J connectivity index is 2.01. The molecule has 0 saturated heterocycles. The van der Waals surface area contributed by atoms with Crippen molar-refractivity contribution in [2.75, 3.05) is 0 Å². The lowest BCUT2D eigenvalue weighted by atomic mass is 9.66. The third kappa shape index (κ3) is 3.63. The maximum absolute atomic E-state index is 10.6. The van der Waals surface area contributed by atoms with Crippen LogP contribution in [0.4, 0.5) is 0 Å². The van der Waals surface area contributed by atoms with Gasteiger partial charge in [-0.15, -0.1) is 0 Å². The molecule has 0 heterocycles. The monoisotopic (exact) mass is 274 g/mol. The number of hydrogen-bond acceptors (Lipinski definition) is 1. The topological polar surface area (TPSA) is 20.2 Å². The molecule has 2 rings (SSSR count). The van der Waals surface area contributed by atoms with E-state index in [2.05, 4.69) is 52.0 Å². The second-order valence-electron chi connectivity index (χ2n) is 7.51. The van der Waals surface area contributed by atoms with Gasteiger partial charge in [0.15, 0.2) is 0 Å². The summed E-state index contributed by atoms with van der Waals surface area (Å²) in [6.07, 6.45) is 5.62. The van der Waals surface area contributed by atoms with Crippen molar-refractivity contribution in [1.29, 1.82) is 0 Å². The summed E-state index contributed by atoms with van der Waals surface area (Å²) in [6.45, 7) is 9.08. The lowest BCUT2D eigenvalue weighted by Crippen LogP contribution is -2.37. The second-order valence-corrected chi connectivity index (χ2v) is 7.51. The van der Waals surface area contributed by atoms with Gasteiger partial charge in [0.25, 0.3) is 0 Å². The minimum atomic E-state index is -0.199. The highest BCUT2D eigenvalue weighted by molar-refractivity contribution is 5.25. The van der Waals surface area contributed by atoms with E-state index < -0.39 is 0 Å². The second kappa shape index (κ2) is 6.30. The molecule has 0 aromatic heterocycles. The van der Waals surface area contributed by atoms with Crippen LogP contribution in [0.1, 0.15) is 70.4 Å². The predicted molar refractivity (Wildman–Crippen MR) is 86.0 cm³/mol. The van der Waals surface area contributed by atoms with Gasteiger partial charge < -0.3 is 5.11 Å². The molecule has 1 N–H and O–H groups in total. The molecular weight excluding hydrogens is 244 g/mol. The molecule has 0 aliphatic heterocycles. The average Bonchev–Trinajstić information content (AvgIpc) is 2.38. The molecule has 1 aromatic carbocycles. The van der Waals surface area contributed by atoms with Crippen molar-refractivity contribution in [2.24, 2.45) is 11.3 Å². The summed E-state index contributed by atoms with van der Waals surface area (Å²) in [7, 11) is 0. The number of aliphatic hydroxyl groups is 1. The van der Waals surface area contributed by atoms with Gasteiger partial charge in [0, 0.05) is 0 Å². The van der Waals surface area contributed by atoms with Crippen LogP contribution in [0.2, 0.25) is 0 Å². The van der Waals surface area contributed by atoms with Crippen LogP contribution in [-0.4, -0.2) is 11.2 Å². The molecule has 1 aromatic rings. The van der Waals surface area contributed by atoms with Crippen LogP contribution in [0.15, 0.2) is 24.3 Å². The largest absolute Gasteiger partial charge is 0.392 e. The van der Waals surface area contributed by atoms with E-state index in [1.807, 2.05) is 0 Å². The van der Waals surface area contributed by atoms with Crippen LogP contribution in [0.3, 0.4) is 0 Å². The number of rotatable bonds is 4. The first-order valence-electron chi connectivity index (χ1n) is 8.17. The summed E-state index contributed by atoms with van der Waals surface area (Å²) in [6, 6.07) is 8.79. The molecular formula is C19H30O. The average molecular weight is 274 g/mol. The molecule has 1 saturated carbocycles. The summed E-state index contributed by atoms with van der Waals surface area (Å²) < 4.78 is 0. The summed E-state index contributed by atoms with van der Waals surface area (Å²) in [5.74, 6) is 1.02. The zero-order valence-corrected chi connectivity index (χ0v) is 13.5. The predicted octanol–water partition coefficient (Wildman–Crippen LogP) is 4.93. The molecule has 0 radical (unpaired) electrons. The van der Waals surface area contributed by atoms with E-state index in [9.17, 15) is 5.11 Å². The molecule has 1 nitrogen and oxygen atoms in total. The zero-order valence-electron chi connectivity index (χ0n) is 13.5. The lowest BCUT2D eigenvalue weighted by molar-refractivity contribution is 0.00580. The van der Waals surface area contributed by atoms with Gasteiger partial charge in [-0.1, -0.05) is 64.8 Å². The number of benzene rings is 1. The molecule has 112 valence electrons. The Morgan fingerprint density at radius 3 is 2.35 bits per heavy atom. The normalized spacial score (nSPS) is 23.8. The molecule has 2 unspecified atom stereocenters. The van der Waals surface area contributed by atoms with E-state index in [1.54, 1.807) is 0 Å². The molecule has 0 amide bonds. The molecule has 0 spiro atoms. The van der Waals surface area contributed by atoms with Gasteiger partial charge in [-0.2, -0.15) is 0 Å². The first kappa shape index (κ1) is 15.6. The summed E-state index contributed by atoms with van der Waals surface area (Å²) in [4.78, 5) is 0. The third-order valence-electron chi connectivity index (χ3n) is 5.15. The number of hydrogen-bond donors (Lipinski definition) is 1. The van der Waals surface area contributed by atoms with Gasteiger partial charge in [-0.05, 0) is 47.6 Å². The van der Waals surface area contributed by atoms with Crippen molar-refractivity contribution in [2.45, 2.75) is 71.8 Å². The highest BCUT2D eigenvalue weighted by Gasteiger charge is 2.36. The van der Waals surface area contributed by atoms with Gasteiger partial charge in [0.05, 0.1) is 6.10 Å². The molecule has 1 aliphatic rings. The van der Waals surface area contributed by atoms with Crippen LogP contribution >= 0.6 is 0 Å². The lowest BCUT2D eigenvalue weighted by Gasteiger charge is -2.41. The minimum absolute atomic E-state index is 0.199. The quantitative estimate of drug-likeness (QED) is 0.825. The van der Waals surface area contributed by atoms with E-state index >= 15 is 0 Å². The summed E-state index contributed by atoms with van der Waals surface area (Å²) >= 11 is 0.